The first kappa shape index (κ1) is 15.5. The molecule has 23 heavy (non-hydrogen) atoms. The summed E-state index contributed by atoms with van der Waals surface area (Å²) in [6.07, 6.45) is 0. The molecule has 2 aromatic carbocycles. The van der Waals surface area contributed by atoms with Crippen molar-refractivity contribution in [2.75, 3.05) is 36.5 Å². The maximum atomic E-state index is 14.3. The first-order chi connectivity index (χ1) is 11.1. The van der Waals surface area contributed by atoms with Crippen molar-refractivity contribution in [3.8, 4) is 0 Å². The Kier molecular flexibility index (Phi) is 4.57. The Bertz CT molecular complexity index is 695. The lowest BCUT2D eigenvalue weighted by Crippen LogP contribution is -2.36. The van der Waals surface area contributed by atoms with Crippen LogP contribution in [0.1, 0.15) is 15.9 Å². The van der Waals surface area contributed by atoms with Crippen molar-refractivity contribution < 1.29 is 13.9 Å². The fraction of sp³-hybridized carbons (Fsp3) is 0.278. The number of morpholine rings is 1. The number of hydrogen-bond donors (Lipinski definition) is 1. The maximum absolute atomic E-state index is 14.3. The van der Waals surface area contributed by atoms with Crippen molar-refractivity contribution >= 4 is 17.3 Å². The minimum atomic E-state index is -0.339. The maximum Gasteiger partial charge on any atom is 0.255 e. The van der Waals surface area contributed by atoms with E-state index < -0.39 is 0 Å². The molecule has 5 heteroatoms. The van der Waals surface area contributed by atoms with E-state index in [2.05, 4.69) is 5.32 Å². The fourth-order valence-electron chi connectivity index (χ4n) is 2.55. The van der Waals surface area contributed by atoms with Crippen LogP contribution in [0.5, 0.6) is 0 Å². The summed E-state index contributed by atoms with van der Waals surface area (Å²) in [5, 5.41) is 2.73. The van der Waals surface area contributed by atoms with Crippen molar-refractivity contribution in [1.29, 1.82) is 0 Å². The molecule has 1 aliphatic heterocycles. The molecular formula is C18H19FN2O2. The van der Waals surface area contributed by atoms with Crippen LogP contribution in [0.15, 0.2) is 42.5 Å². The molecule has 1 amide bonds. The van der Waals surface area contributed by atoms with Crippen LogP contribution >= 0.6 is 0 Å². The minimum Gasteiger partial charge on any atom is -0.378 e. The van der Waals surface area contributed by atoms with Crippen molar-refractivity contribution in [3.63, 3.8) is 0 Å². The summed E-state index contributed by atoms with van der Waals surface area (Å²) < 4.78 is 19.6. The van der Waals surface area contributed by atoms with Gasteiger partial charge in [-0.2, -0.15) is 0 Å². The molecule has 1 heterocycles. The molecular weight excluding hydrogens is 295 g/mol. The Morgan fingerprint density at radius 2 is 1.83 bits per heavy atom. The zero-order valence-electron chi connectivity index (χ0n) is 13.0. The monoisotopic (exact) mass is 314 g/mol. The average molecular weight is 314 g/mol. The first-order valence-electron chi connectivity index (χ1n) is 7.64. The van der Waals surface area contributed by atoms with Crippen molar-refractivity contribution in [2.24, 2.45) is 0 Å². The second kappa shape index (κ2) is 6.79. The Balaban J connectivity index is 1.72. The largest absolute Gasteiger partial charge is 0.378 e. The molecule has 1 aliphatic rings. The molecule has 120 valence electrons. The highest BCUT2D eigenvalue weighted by Gasteiger charge is 2.16. The van der Waals surface area contributed by atoms with Gasteiger partial charge in [-0.25, -0.2) is 4.39 Å². The highest BCUT2D eigenvalue weighted by atomic mass is 19.1. The number of carbonyl (C=O) groups is 1. The van der Waals surface area contributed by atoms with E-state index in [9.17, 15) is 9.18 Å². The zero-order valence-corrected chi connectivity index (χ0v) is 13.0. The van der Waals surface area contributed by atoms with Gasteiger partial charge >= 0.3 is 0 Å². The molecule has 2 aromatic rings. The third kappa shape index (κ3) is 3.68. The van der Waals surface area contributed by atoms with Gasteiger partial charge in [-0.3, -0.25) is 4.79 Å². The van der Waals surface area contributed by atoms with Gasteiger partial charge in [0.05, 0.1) is 18.9 Å². The lowest BCUT2D eigenvalue weighted by Gasteiger charge is -2.29. The Morgan fingerprint density at radius 3 is 2.48 bits per heavy atom. The molecule has 0 aromatic heterocycles. The van der Waals surface area contributed by atoms with E-state index in [-0.39, 0.29) is 11.7 Å². The summed E-state index contributed by atoms with van der Waals surface area (Å²) in [7, 11) is 0. The van der Waals surface area contributed by atoms with Gasteiger partial charge in [-0.15, -0.1) is 0 Å². The van der Waals surface area contributed by atoms with Crippen LogP contribution in [0.3, 0.4) is 0 Å². The average Bonchev–Trinajstić information content (AvgIpc) is 2.56. The van der Waals surface area contributed by atoms with E-state index >= 15 is 0 Å². The van der Waals surface area contributed by atoms with Crippen molar-refractivity contribution in [2.45, 2.75) is 6.92 Å². The highest BCUT2D eigenvalue weighted by molar-refractivity contribution is 6.04. The van der Waals surface area contributed by atoms with Gasteiger partial charge in [0.25, 0.3) is 5.91 Å². The van der Waals surface area contributed by atoms with Gasteiger partial charge in [0.1, 0.15) is 5.82 Å². The summed E-state index contributed by atoms with van der Waals surface area (Å²) in [6.45, 7) is 4.51. The first-order valence-corrected chi connectivity index (χ1v) is 7.64. The number of nitrogens with one attached hydrogen (secondary N) is 1. The number of halogens is 1. The van der Waals surface area contributed by atoms with E-state index in [0.717, 1.165) is 5.56 Å². The van der Waals surface area contributed by atoms with Gasteiger partial charge in [0.2, 0.25) is 0 Å². The van der Waals surface area contributed by atoms with E-state index in [1.54, 1.807) is 24.3 Å². The second-order valence-corrected chi connectivity index (χ2v) is 5.59. The lowest BCUT2D eigenvalue weighted by molar-refractivity contribution is 0.102. The summed E-state index contributed by atoms with van der Waals surface area (Å²) in [6, 6.07) is 12.0. The summed E-state index contributed by atoms with van der Waals surface area (Å²) in [5.74, 6) is -0.586. The quantitative estimate of drug-likeness (QED) is 0.946. The molecule has 0 atom stereocenters. The van der Waals surface area contributed by atoms with Crippen LogP contribution < -0.4 is 10.2 Å². The number of carbonyl (C=O) groups excluding carboxylic acids is 1. The highest BCUT2D eigenvalue weighted by Crippen LogP contribution is 2.24. The van der Waals surface area contributed by atoms with E-state index in [4.69, 9.17) is 4.74 Å². The van der Waals surface area contributed by atoms with E-state index in [0.29, 0.717) is 43.2 Å². The van der Waals surface area contributed by atoms with Gasteiger partial charge in [-0.1, -0.05) is 17.7 Å². The molecule has 0 spiro atoms. The molecule has 1 saturated heterocycles. The minimum absolute atomic E-state index is 0.247. The predicted molar refractivity (Wildman–Crippen MR) is 88.6 cm³/mol. The Morgan fingerprint density at radius 1 is 1.13 bits per heavy atom. The van der Waals surface area contributed by atoms with Crippen LogP contribution in [-0.2, 0) is 4.74 Å². The fourth-order valence-corrected chi connectivity index (χ4v) is 2.55. The zero-order chi connectivity index (χ0) is 16.2. The number of ether oxygens (including phenoxy) is 1. The van der Waals surface area contributed by atoms with Gasteiger partial charge < -0.3 is 15.0 Å². The second-order valence-electron chi connectivity index (χ2n) is 5.59. The lowest BCUT2D eigenvalue weighted by atomic mass is 10.1. The third-order valence-corrected chi connectivity index (χ3v) is 3.87. The number of amides is 1. The van der Waals surface area contributed by atoms with Crippen LogP contribution in [0.2, 0.25) is 0 Å². The Hall–Kier alpha value is -2.40. The molecule has 3 rings (SSSR count). The number of anilines is 2. The standard InChI is InChI=1S/C18H19FN2O2/c1-13-2-4-14(5-3-13)18(22)20-15-6-7-17(16(19)12-15)21-8-10-23-11-9-21/h2-7,12H,8-11H2,1H3,(H,20,22). The third-order valence-electron chi connectivity index (χ3n) is 3.87. The Labute approximate surface area is 134 Å². The van der Waals surface area contributed by atoms with Crippen LogP contribution in [0.25, 0.3) is 0 Å². The van der Waals surface area contributed by atoms with Crippen molar-refractivity contribution in [1.82, 2.24) is 0 Å². The number of nitrogens with zero attached hydrogens (tertiary/aromatic N) is 1. The number of aryl methyl sites for hydroxylation is 1. The summed E-state index contributed by atoms with van der Waals surface area (Å²) in [4.78, 5) is 14.1. The smallest absolute Gasteiger partial charge is 0.255 e. The molecule has 0 saturated carbocycles. The molecule has 0 bridgehead atoms. The summed E-state index contributed by atoms with van der Waals surface area (Å²) in [5.41, 5.74) is 2.63. The molecule has 1 fully saturated rings. The molecule has 0 radical (unpaired) electrons. The van der Waals surface area contributed by atoms with Gasteiger partial charge in [0, 0.05) is 24.3 Å². The topological polar surface area (TPSA) is 41.6 Å². The molecule has 1 N–H and O–H groups in total. The number of rotatable bonds is 3. The van der Waals surface area contributed by atoms with Gasteiger partial charge in [-0.05, 0) is 37.3 Å². The van der Waals surface area contributed by atoms with E-state index in [1.807, 2.05) is 24.0 Å². The SMILES string of the molecule is Cc1ccc(C(=O)Nc2ccc(N3CCOCC3)c(F)c2)cc1. The molecule has 0 unspecified atom stereocenters. The molecule has 0 aliphatic carbocycles. The van der Waals surface area contributed by atoms with Crippen LogP contribution in [0.4, 0.5) is 15.8 Å². The van der Waals surface area contributed by atoms with Crippen LogP contribution in [-0.4, -0.2) is 32.2 Å². The van der Waals surface area contributed by atoms with Gasteiger partial charge in [0.15, 0.2) is 0 Å². The van der Waals surface area contributed by atoms with Crippen LogP contribution in [0, 0.1) is 12.7 Å². The van der Waals surface area contributed by atoms with Crippen molar-refractivity contribution in [3.05, 3.63) is 59.4 Å². The van der Waals surface area contributed by atoms with E-state index in [1.165, 1.54) is 6.07 Å². The number of hydrogen-bond acceptors (Lipinski definition) is 3. The molecule has 4 nitrogen and oxygen atoms in total. The normalized spacial score (nSPS) is 14.6. The predicted octanol–water partition coefficient (Wildman–Crippen LogP) is 3.22. The number of benzene rings is 2. The summed E-state index contributed by atoms with van der Waals surface area (Å²) >= 11 is 0.